The number of nitrogens with zero attached hydrogens (tertiary/aromatic N) is 3. The fourth-order valence-corrected chi connectivity index (χ4v) is 7.31. The van der Waals surface area contributed by atoms with Crippen LogP contribution in [0, 0.1) is 35.5 Å². The van der Waals surface area contributed by atoms with Gasteiger partial charge in [-0.15, -0.1) is 5.11 Å². The highest BCUT2D eigenvalue weighted by atomic mass is 16.5. The number of ketones is 1. The van der Waals surface area contributed by atoms with E-state index >= 15 is 0 Å². The van der Waals surface area contributed by atoms with Gasteiger partial charge in [-0.25, -0.2) is 0 Å². The van der Waals surface area contributed by atoms with Crippen LogP contribution < -0.4 is 0 Å². The first kappa shape index (κ1) is 24.9. The number of carbonyl (C=O) groups is 2. The standard InChI is InChI=1S/C28H41N3O3/c1-5-20-13-9-8-11-18(4)28(33)24-16-22-21-14-10-12-19(21)15-25(31(7-3)30-29-6-2)27(22)23(24)17-26(32)34-20/h6-7,16,18-23,25,27H,2-3,5,8-15,17H2,1,4H3/t18-,19?,20+,21?,22?,23?,25?,27?/m1/s1. The SMILES string of the molecule is C=CN=NN(C=C)C1CC2CCCC2C2C=C3C(=O)[C@H](C)CCCC[C@H](CC)OC(=O)CC3C21. The van der Waals surface area contributed by atoms with E-state index in [1.807, 2.05) is 5.01 Å². The summed E-state index contributed by atoms with van der Waals surface area (Å²) >= 11 is 0. The number of cyclic esters (lactones) is 1. The number of Topliss-reactive ketones (excluding diaryl/α,β-unsaturated/α-hetero) is 1. The van der Waals surface area contributed by atoms with E-state index in [0.29, 0.717) is 11.8 Å². The van der Waals surface area contributed by atoms with E-state index in [-0.39, 0.29) is 54.0 Å². The molecule has 34 heavy (non-hydrogen) atoms. The Kier molecular flexibility index (Phi) is 8.05. The third-order valence-electron chi connectivity index (χ3n) is 8.93. The van der Waals surface area contributed by atoms with E-state index in [1.165, 1.54) is 25.5 Å². The normalized spacial score (nSPS) is 38.6. The number of hydrogen-bond acceptors (Lipinski definition) is 5. The lowest BCUT2D eigenvalue weighted by molar-refractivity contribution is -0.151. The number of rotatable bonds is 5. The lowest BCUT2D eigenvalue weighted by Gasteiger charge is -2.46. The van der Waals surface area contributed by atoms with E-state index in [2.05, 4.69) is 43.4 Å². The molecule has 1 saturated heterocycles. The third kappa shape index (κ3) is 4.92. The maximum atomic E-state index is 13.7. The molecule has 3 aliphatic carbocycles. The van der Waals surface area contributed by atoms with Crippen molar-refractivity contribution in [3.8, 4) is 0 Å². The van der Waals surface area contributed by atoms with E-state index in [4.69, 9.17) is 4.74 Å². The van der Waals surface area contributed by atoms with E-state index in [0.717, 1.165) is 44.1 Å². The van der Waals surface area contributed by atoms with Crippen molar-refractivity contribution in [2.24, 2.45) is 45.8 Å². The smallest absolute Gasteiger partial charge is 0.306 e. The Hall–Kier alpha value is -2.24. The second-order valence-electron chi connectivity index (χ2n) is 10.8. The van der Waals surface area contributed by atoms with E-state index in [1.54, 1.807) is 6.20 Å². The van der Waals surface area contributed by atoms with Gasteiger partial charge in [0, 0.05) is 24.2 Å². The average Bonchev–Trinajstić information content (AvgIpc) is 3.45. The van der Waals surface area contributed by atoms with Gasteiger partial charge in [0.2, 0.25) is 0 Å². The summed E-state index contributed by atoms with van der Waals surface area (Å²) in [6.45, 7) is 11.8. The van der Waals surface area contributed by atoms with Crippen LogP contribution in [0.1, 0.15) is 78.1 Å². The second kappa shape index (κ2) is 11.0. The van der Waals surface area contributed by atoms with Crippen LogP contribution in [0.15, 0.2) is 47.5 Å². The van der Waals surface area contributed by atoms with Gasteiger partial charge >= 0.3 is 5.97 Å². The Balaban J connectivity index is 1.72. The van der Waals surface area contributed by atoms with Gasteiger partial charge in [0.15, 0.2) is 5.78 Å². The highest BCUT2D eigenvalue weighted by molar-refractivity contribution is 5.98. The van der Waals surface area contributed by atoms with Crippen LogP contribution in [0.2, 0.25) is 0 Å². The summed E-state index contributed by atoms with van der Waals surface area (Å²) in [7, 11) is 0. The molecule has 0 aromatic carbocycles. The largest absolute Gasteiger partial charge is 0.462 e. The van der Waals surface area contributed by atoms with E-state index in [9.17, 15) is 9.59 Å². The molecule has 3 fully saturated rings. The maximum Gasteiger partial charge on any atom is 0.306 e. The predicted octanol–water partition coefficient (Wildman–Crippen LogP) is 6.41. The summed E-state index contributed by atoms with van der Waals surface area (Å²) in [6, 6.07) is 0.0510. The summed E-state index contributed by atoms with van der Waals surface area (Å²) in [4.78, 5) is 26.9. The summed E-state index contributed by atoms with van der Waals surface area (Å²) in [6.07, 6.45) is 14.9. The number of esters is 1. The minimum Gasteiger partial charge on any atom is -0.462 e. The van der Waals surface area contributed by atoms with Crippen LogP contribution in [0.25, 0.3) is 0 Å². The van der Waals surface area contributed by atoms with Crippen LogP contribution in [0.4, 0.5) is 0 Å². The Morgan fingerprint density at radius 3 is 2.68 bits per heavy atom. The molecule has 0 amide bonds. The molecule has 4 rings (SSSR count). The van der Waals surface area contributed by atoms with Crippen molar-refractivity contribution in [1.82, 2.24) is 5.01 Å². The van der Waals surface area contributed by atoms with E-state index < -0.39 is 0 Å². The Morgan fingerprint density at radius 2 is 1.94 bits per heavy atom. The molecule has 6 heteroatoms. The molecular weight excluding hydrogens is 426 g/mol. The van der Waals surface area contributed by atoms with Crippen molar-refractivity contribution in [3.05, 3.63) is 37.2 Å². The molecule has 0 spiro atoms. The van der Waals surface area contributed by atoms with Crippen LogP contribution >= 0.6 is 0 Å². The third-order valence-corrected chi connectivity index (χ3v) is 8.93. The molecular formula is C28H41N3O3. The first-order chi connectivity index (χ1) is 16.5. The lowest BCUT2D eigenvalue weighted by atomic mass is 9.63. The summed E-state index contributed by atoms with van der Waals surface area (Å²) < 4.78 is 5.93. The Bertz CT molecular complexity index is 850. The van der Waals surface area contributed by atoms with Crippen molar-refractivity contribution in [1.29, 1.82) is 0 Å². The predicted molar refractivity (Wildman–Crippen MR) is 132 cm³/mol. The monoisotopic (exact) mass is 467 g/mol. The quantitative estimate of drug-likeness (QED) is 0.266. The van der Waals surface area contributed by atoms with Crippen molar-refractivity contribution < 1.29 is 14.3 Å². The van der Waals surface area contributed by atoms with Gasteiger partial charge in [0.05, 0.1) is 12.5 Å². The zero-order chi connectivity index (χ0) is 24.2. The van der Waals surface area contributed by atoms with Crippen molar-refractivity contribution >= 4 is 11.8 Å². The van der Waals surface area contributed by atoms with Crippen molar-refractivity contribution in [2.45, 2.75) is 90.2 Å². The molecule has 0 bridgehead atoms. The fraction of sp³-hybridized carbons (Fsp3) is 0.714. The van der Waals surface area contributed by atoms with Gasteiger partial charge in [0.25, 0.3) is 0 Å². The first-order valence-electron chi connectivity index (χ1n) is 13.4. The van der Waals surface area contributed by atoms with Crippen LogP contribution in [-0.4, -0.2) is 28.9 Å². The molecule has 6 nitrogen and oxygen atoms in total. The number of ether oxygens (including phenoxy) is 1. The number of carbonyl (C=O) groups excluding carboxylic acids is 2. The molecule has 0 radical (unpaired) electrons. The molecule has 1 heterocycles. The highest BCUT2D eigenvalue weighted by Crippen LogP contribution is 2.57. The minimum atomic E-state index is -0.172. The zero-order valence-corrected chi connectivity index (χ0v) is 20.9. The fourth-order valence-electron chi connectivity index (χ4n) is 7.31. The lowest BCUT2D eigenvalue weighted by Crippen LogP contribution is -2.48. The van der Waals surface area contributed by atoms with Gasteiger partial charge in [-0.1, -0.05) is 57.6 Å². The average molecular weight is 468 g/mol. The van der Waals surface area contributed by atoms with Crippen molar-refractivity contribution in [3.63, 3.8) is 0 Å². The van der Waals surface area contributed by atoms with Gasteiger partial charge in [-0.3, -0.25) is 14.6 Å². The molecule has 186 valence electrons. The number of hydrogen-bond donors (Lipinski definition) is 0. The molecule has 8 atom stereocenters. The summed E-state index contributed by atoms with van der Waals surface area (Å²) in [5.41, 5.74) is 0.871. The van der Waals surface area contributed by atoms with Crippen LogP contribution in [0.3, 0.4) is 0 Å². The molecule has 2 saturated carbocycles. The Labute approximate surface area is 204 Å². The van der Waals surface area contributed by atoms with Gasteiger partial charge in [0.1, 0.15) is 6.10 Å². The van der Waals surface area contributed by atoms with Gasteiger partial charge < -0.3 is 4.74 Å². The topological polar surface area (TPSA) is 71.3 Å². The van der Waals surface area contributed by atoms with Gasteiger partial charge in [-0.05, 0) is 67.8 Å². The molecule has 0 aromatic heterocycles. The van der Waals surface area contributed by atoms with Crippen LogP contribution in [0.5, 0.6) is 0 Å². The molecule has 0 aromatic rings. The number of fused-ring (bicyclic) bond motifs is 5. The second-order valence-corrected chi connectivity index (χ2v) is 10.8. The van der Waals surface area contributed by atoms with Crippen molar-refractivity contribution in [2.75, 3.05) is 0 Å². The summed E-state index contributed by atoms with van der Waals surface area (Å²) in [5, 5.41) is 10.3. The first-order valence-corrected chi connectivity index (χ1v) is 13.4. The van der Waals surface area contributed by atoms with Gasteiger partial charge in [-0.2, -0.15) is 0 Å². The minimum absolute atomic E-state index is 0.0155. The maximum absolute atomic E-state index is 13.7. The van der Waals surface area contributed by atoms with Crippen LogP contribution in [-0.2, 0) is 14.3 Å². The summed E-state index contributed by atoms with van der Waals surface area (Å²) in [5.74, 6) is 1.49. The Morgan fingerprint density at radius 1 is 1.15 bits per heavy atom. The zero-order valence-electron chi connectivity index (χ0n) is 20.9. The molecule has 0 N–H and O–H groups in total. The molecule has 6 unspecified atom stereocenters. The molecule has 4 aliphatic rings. The number of allylic oxidation sites excluding steroid dienone is 2. The highest BCUT2D eigenvalue weighted by Gasteiger charge is 2.55. The molecule has 1 aliphatic heterocycles.